The summed E-state index contributed by atoms with van der Waals surface area (Å²) in [5.41, 5.74) is 1.49. The molecule has 0 saturated heterocycles. The number of nitrogens with one attached hydrogen (secondary N) is 2. The molecule has 5 nitrogen and oxygen atoms in total. The number of H-pyrrole nitrogens is 1. The van der Waals surface area contributed by atoms with Crippen molar-refractivity contribution in [2.45, 2.75) is 6.92 Å². The third kappa shape index (κ3) is 1.83. The lowest BCUT2D eigenvalue weighted by Gasteiger charge is -1.97. The molecule has 0 atom stereocenters. The van der Waals surface area contributed by atoms with Gasteiger partial charge in [0, 0.05) is 6.07 Å². The minimum absolute atomic E-state index is 0.221. The average Bonchev–Trinajstić information content (AvgIpc) is 2.92. The summed E-state index contributed by atoms with van der Waals surface area (Å²) in [5, 5.41) is 8.34. The first-order valence-electron chi connectivity index (χ1n) is 5.03. The summed E-state index contributed by atoms with van der Waals surface area (Å²) < 4.78 is 5.93. The van der Waals surface area contributed by atoms with E-state index in [2.05, 4.69) is 15.5 Å². The quantitative estimate of drug-likeness (QED) is 0.731. The van der Waals surface area contributed by atoms with Crippen molar-refractivity contribution in [3.63, 3.8) is 0 Å². The molecule has 0 bridgehead atoms. The van der Waals surface area contributed by atoms with E-state index < -0.39 is 0 Å². The number of nitrogens with zero attached hydrogens (tertiary/aromatic N) is 1. The molecule has 0 aliphatic heterocycles. The van der Waals surface area contributed by atoms with Crippen LogP contribution in [0.25, 0.3) is 10.2 Å². The Bertz CT molecular complexity index is 651. The molecule has 1 amide bonds. The Kier molecular flexibility index (Phi) is 2.22. The molecule has 0 radical (unpaired) electrons. The summed E-state index contributed by atoms with van der Waals surface area (Å²) in [7, 11) is 0. The van der Waals surface area contributed by atoms with Crippen LogP contribution in [0.3, 0.4) is 0 Å². The van der Waals surface area contributed by atoms with Crippen LogP contribution < -0.4 is 5.32 Å². The Balaban J connectivity index is 1.84. The number of aromatic amines is 1. The number of carbonyl (C=O) groups excluding carboxylic acids is 1. The van der Waals surface area contributed by atoms with Gasteiger partial charge < -0.3 is 14.8 Å². The van der Waals surface area contributed by atoms with Crippen molar-refractivity contribution in [3.8, 4) is 0 Å². The van der Waals surface area contributed by atoms with Gasteiger partial charge in [-0.1, -0.05) is 5.16 Å². The van der Waals surface area contributed by atoms with Crippen molar-refractivity contribution >= 4 is 33.3 Å². The summed E-state index contributed by atoms with van der Waals surface area (Å²) in [4.78, 5) is 14.9. The zero-order valence-electron chi connectivity index (χ0n) is 8.98. The van der Waals surface area contributed by atoms with E-state index in [1.54, 1.807) is 24.3 Å². The maximum Gasteiger partial charge on any atom is 0.273 e. The van der Waals surface area contributed by atoms with Crippen molar-refractivity contribution < 1.29 is 9.32 Å². The van der Waals surface area contributed by atoms with Crippen LogP contribution in [0.2, 0.25) is 0 Å². The second kappa shape index (κ2) is 3.74. The molecule has 3 rings (SSSR count). The van der Waals surface area contributed by atoms with Gasteiger partial charge in [-0.25, -0.2) is 0 Å². The van der Waals surface area contributed by atoms with Gasteiger partial charge in [0.15, 0.2) is 5.82 Å². The monoisotopic (exact) mass is 247 g/mol. The lowest BCUT2D eigenvalue weighted by molar-refractivity contribution is 0.102. The van der Waals surface area contributed by atoms with Crippen molar-refractivity contribution in [2.24, 2.45) is 0 Å². The molecule has 0 unspecified atom stereocenters. The Morgan fingerprint density at radius 1 is 1.53 bits per heavy atom. The van der Waals surface area contributed by atoms with Crippen LogP contribution in [0, 0.1) is 6.92 Å². The first-order chi connectivity index (χ1) is 8.22. The minimum Gasteiger partial charge on any atom is -0.360 e. The number of hydrogen-bond donors (Lipinski definition) is 2. The fourth-order valence-corrected chi connectivity index (χ4v) is 2.36. The highest BCUT2D eigenvalue weighted by molar-refractivity contribution is 7.17. The Hall–Kier alpha value is -2.08. The van der Waals surface area contributed by atoms with Gasteiger partial charge in [0.25, 0.3) is 5.91 Å². The molecule has 3 heterocycles. The predicted octanol–water partition coefficient (Wildman–Crippen LogP) is 2.78. The second-order valence-corrected chi connectivity index (χ2v) is 4.61. The zero-order chi connectivity index (χ0) is 11.8. The number of aromatic nitrogens is 2. The Morgan fingerprint density at radius 3 is 3.12 bits per heavy atom. The van der Waals surface area contributed by atoms with E-state index in [4.69, 9.17) is 4.52 Å². The first kappa shape index (κ1) is 10.1. The molecule has 0 fully saturated rings. The van der Waals surface area contributed by atoms with Gasteiger partial charge in [0.05, 0.1) is 10.2 Å². The third-order valence-electron chi connectivity index (χ3n) is 2.35. The smallest absolute Gasteiger partial charge is 0.273 e. The van der Waals surface area contributed by atoms with E-state index in [9.17, 15) is 4.79 Å². The van der Waals surface area contributed by atoms with Crippen LogP contribution in [0.1, 0.15) is 16.2 Å². The number of rotatable bonds is 2. The molecule has 17 heavy (non-hydrogen) atoms. The molecule has 0 spiro atoms. The fourth-order valence-electron chi connectivity index (χ4n) is 1.58. The van der Waals surface area contributed by atoms with Crippen LogP contribution in [0.4, 0.5) is 5.82 Å². The molecule has 6 heteroatoms. The number of carbonyl (C=O) groups is 1. The lowest BCUT2D eigenvalue weighted by atomic mass is 10.4. The standard InChI is InChI=1S/C11H9N3O2S/c1-6-4-10(14-16-6)13-11(15)8-5-9-7(12-8)2-3-17-9/h2-5,12H,1H3,(H,13,14,15). The van der Waals surface area contributed by atoms with Crippen LogP contribution in [0.5, 0.6) is 0 Å². The van der Waals surface area contributed by atoms with E-state index in [1.807, 2.05) is 17.5 Å². The topological polar surface area (TPSA) is 70.9 Å². The van der Waals surface area contributed by atoms with Crippen molar-refractivity contribution in [1.82, 2.24) is 10.1 Å². The van der Waals surface area contributed by atoms with Crippen LogP contribution >= 0.6 is 11.3 Å². The maximum atomic E-state index is 11.9. The van der Waals surface area contributed by atoms with Crippen molar-refractivity contribution in [2.75, 3.05) is 5.32 Å². The maximum absolute atomic E-state index is 11.9. The molecule has 3 aromatic rings. The molecular formula is C11H9N3O2S. The van der Waals surface area contributed by atoms with E-state index in [-0.39, 0.29) is 5.91 Å². The Labute approximate surface area is 100 Å². The summed E-state index contributed by atoms with van der Waals surface area (Å²) in [6, 6.07) is 5.43. The number of anilines is 1. The molecule has 0 aromatic carbocycles. The van der Waals surface area contributed by atoms with Crippen LogP contribution in [0.15, 0.2) is 28.1 Å². The second-order valence-electron chi connectivity index (χ2n) is 3.66. The lowest BCUT2D eigenvalue weighted by Crippen LogP contribution is -2.12. The summed E-state index contributed by atoms with van der Waals surface area (Å²) in [6.07, 6.45) is 0. The van der Waals surface area contributed by atoms with E-state index >= 15 is 0 Å². The van der Waals surface area contributed by atoms with Gasteiger partial charge in [-0.05, 0) is 24.4 Å². The first-order valence-corrected chi connectivity index (χ1v) is 5.91. The average molecular weight is 247 g/mol. The highest BCUT2D eigenvalue weighted by atomic mass is 32.1. The van der Waals surface area contributed by atoms with Gasteiger partial charge >= 0.3 is 0 Å². The van der Waals surface area contributed by atoms with E-state index in [0.717, 1.165) is 10.2 Å². The van der Waals surface area contributed by atoms with Gasteiger partial charge in [-0.3, -0.25) is 4.79 Å². The summed E-state index contributed by atoms with van der Waals surface area (Å²) in [6.45, 7) is 1.77. The van der Waals surface area contributed by atoms with Gasteiger partial charge in [-0.2, -0.15) is 0 Å². The normalized spacial score (nSPS) is 10.9. The number of hydrogen-bond acceptors (Lipinski definition) is 4. The largest absolute Gasteiger partial charge is 0.360 e. The number of thiophene rings is 1. The highest BCUT2D eigenvalue weighted by Crippen LogP contribution is 2.21. The molecule has 86 valence electrons. The van der Waals surface area contributed by atoms with E-state index in [0.29, 0.717) is 17.3 Å². The molecule has 3 aromatic heterocycles. The van der Waals surface area contributed by atoms with Crippen molar-refractivity contribution in [1.29, 1.82) is 0 Å². The van der Waals surface area contributed by atoms with Gasteiger partial charge in [0.2, 0.25) is 0 Å². The zero-order valence-corrected chi connectivity index (χ0v) is 9.80. The number of aryl methyl sites for hydroxylation is 1. The predicted molar refractivity (Wildman–Crippen MR) is 65.4 cm³/mol. The highest BCUT2D eigenvalue weighted by Gasteiger charge is 2.12. The van der Waals surface area contributed by atoms with Crippen molar-refractivity contribution in [3.05, 3.63) is 35.0 Å². The number of fused-ring (bicyclic) bond motifs is 1. The number of amides is 1. The fraction of sp³-hybridized carbons (Fsp3) is 0.0909. The summed E-state index contributed by atoms with van der Waals surface area (Å²) in [5.74, 6) is 0.861. The van der Waals surface area contributed by atoms with Crippen LogP contribution in [-0.2, 0) is 0 Å². The van der Waals surface area contributed by atoms with Gasteiger partial charge in [0.1, 0.15) is 11.5 Å². The summed E-state index contributed by atoms with van der Waals surface area (Å²) >= 11 is 1.59. The SMILES string of the molecule is Cc1cc(NC(=O)c2cc3sccc3[nH]2)no1. The molecule has 0 aliphatic carbocycles. The molecule has 2 N–H and O–H groups in total. The third-order valence-corrected chi connectivity index (χ3v) is 3.22. The molecular weight excluding hydrogens is 238 g/mol. The minimum atomic E-state index is -0.221. The molecule has 0 saturated carbocycles. The molecule has 0 aliphatic rings. The Morgan fingerprint density at radius 2 is 2.41 bits per heavy atom. The van der Waals surface area contributed by atoms with E-state index in [1.165, 1.54) is 0 Å². The van der Waals surface area contributed by atoms with Gasteiger partial charge in [-0.15, -0.1) is 11.3 Å². The van der Waals surface area contributed by atoms with Crippen LogP contribution in [-0.4, -0.2) is 16.0 Å².